The van der Waals surface area contributed by atoms with E-state index in [1.165, 1.54) is 12.0 Å². The monoisotopic (exact) mass is 312 g/mol. The van der Waals surface area contributed by atoms with Crippen LogP contribution in [0.2, 0.25) is 0 Å². The number of likely N-dealkylation sites (N-methyl/N-ethyl adjacent to an activating group) is 1. The minimum atomic E-state index is 0. The number of nitrogens with zero attached hydrogens (tertiary/aromatic N) is 1. The van der Waals surface area contributed by atoms with Gasteiger partial charge in [0.1, 0.15) is 0 Å². The lowest BCUT2D eigenvalue weighted by atomic mass is 9.97. The molecule has 1 amide bonds. The molecule has 1 aromatic carbocycles. The Morgan fingerprint density at radius 2 is 2.29 bits per heavy atom. The van der Waals surface area contributed by atoms with Crippen LogP contribution in [-0.2, 0) is 11.2 Å². The number of carbonyl (C=O) groups is 1. The molecule has 5 heteroatoms. The number of halogens is 1. The van der Waals surface area contributed by atoms with Crippen LogP contribution in [0, 0.1) is 5.92 Å². The lowest BCUT2D eigenvalue weighted by molar-refractivity contribution is 0.0744. The van der Waals surface area contributed by atoms with Gasteiger partial charge in [-0.15, -0.1) is 12.4 Å². The van der Waals surface area contributed by atoms with Crippen molar-refractivity contribution < 1.29 is 9.53 Å². The van der Waals surface area contributed by atoms with Crippen LogP contribution in [0.4, 0.5) is 0 Å². The van der Waals surface area contributed by atoms with E-state index < -0.39 is 0 Å². The molecule has 0 bridgehead atoms. The highest BCUT2D eigenvalue weighted by molar-refractivity contribution is 5.94. The van der Waals surface area contributed by atoms with Crippen LogP contribution >= 0.6 is 12.4 Å². The SMILES string of the molecule is COCCN(C)C(=O)c1cccc(CC2CCNC2)c1.Cl. The molecule has 1 atom stereocenters. The molecule has 118 valence electrons. The molecular weight excluding hydrogens is 288 g/mol. The van der Waals surface area contributed by atoms with E-state index in [0.717, 1.165) is 25.1 Å². The van der Waals surface area contributed by atoms with Crippen molar-refractivity contribution in [3.8, 4) is 0 Å². The number of rotatable bonds is 6. The molecule has 1 saturated heterocycles. The van der Waals surface area contributed by atoms with E-state index in [2.05, 4.69) is 11.4 Å². The number of methoxy groups -OCH3 is 1. The normalized spacial score (nSPS) is 17.3. The third-order valence-electron chi connectivity index (χ3n) is 3.84. The maximum Gasteiger partial charge on any atom is 0.253 e. The molecule has 1 aliphatic rings. The van der Waals surface area contributed by atoms with Crippen molar-refractivity contribution >= 4 is 18.3 Å². The van der Waals surface area contributed by atoms with Gasteiger partial charge in [0.2, 0.25) is 0 Å². The molecule has 1 aliphatic heterocycles. The predicted molar refractivity (Wildman–Crippen MR) is 87.2 cm³/mol. The van der Waals surface area contributed by atoms with E-state index in [1.54, 1.807) is 12.0 Å². The number of nitrogens with one attached hydrogen (secondary N) is 1. The molecule has 0 aromatic heterocycles. The van der Waals surface area contributed by atoms with Gasteiger partial charge >= 0.3 is 0 Å². The topological polar surface area (TPSA) is 41.6 Å². The summed E-state index contributed by atoms with van der Waals surface area (Å²) in [4.78, 5) is 14.0. The van der Waals surface area contributed by atoms with Gasteiger partial charge in [0.05, 0.1) is 6.61 Å². The molecule has 1 aromatic rings. The molecule has 2 rings (SSSR count). The molecule has 0 saturated carbocycles. The molecule has 21 heavy (non-hydrogen) atoms. The van der Waals surface area contributed by atoms with Gasteiger partial charge in [0, 0.05) is 26.3 Å². The van der Waals surface area contributed by atoms with E-state index in [0.29, 0.717) is 19.1 Å². The molecule has 1 N–H and O–H groups in total. The molecule has 1 heterocycles. The number of hydrogen-bond acceptors (Lipinski definition) is 3. The van der Waals surface area contributed by atoms with E-state index in [1.807, 2.05) is 25.2 Å². The van der Waals surface area contributed by atoms with Crippen LogP contribution in [0.5, 0.6) is 0 Å². The van der Waals surface area contributed by atoms with Gasteiger partial charge in [-0.25, -0.2) is 0 Å². The van der Waals surface area contributed by atoms with Gasteiger partial charge in [-0.2, -0.15) is 0 Å². The van der Waals surface area contributed by atoms with Crippen LogP contribution in [-0.4, -0.2) is 51.2 Å². The highest BCUT2D eigenvalue weighted by atomic mass is 35.5. The standard InChI is InChI=1S/C16H24N2O2.ClH/c1-18(8-9-20-2)16(19)15-5-3-4-13(11-15)10-14-6-7-17-12-14;/h3-5,11,14,17H,6-10,12H2,1-2H3;1H. The maximum atomic E-state index is 12.3. The van der Waals surface area contributed by atoms with Gasteiger partial charge in [0.25, 0.3) is 5.91 Å². The van der Waals surface area contributed by atoms with Crippen molar-refractivity contribution in [3.63, 3.8) is 0 Å². The molecular formula is C16H25ClN2O2. The number of benzene rings is 1. The Morgan fingerprint density at radius 1 is 1.48 bits per heavy atom. The maximum absolute atomic E-state index is 12.3. The van der Waals surface area contributed by atoms with Crippen molar-refractivity contribution in [1.29, 1.82) is 0 Å². The number of amides is 1. The Bertz CT molecular complexity index is 448. The summed E-state index contributed by atoms with van der Waals surface area (Å²) in [5.74, 6) is 0.764. The van der Waals surface area contributed by atoms with Crippen LogP contribution in [0.1, 0.15) is 22.3 Å². The molecule has 4 nitrogen and oxygen atoms in total. The van der Waals surface area contributed by atoms with E-state index >= 15 is 0 Å². The fourth-order valence-electron chi connectivity index (χ4n) is 2.60. The average molecular weight is 313 g/mol. The van der Waals surface area contributed by atoms with Crippen molar-refractivity contribution in [2.45, 2.75) is 12.8 Å². The van der Waals surface area contributed by atoms with E-state index in [9.17, 15) is 4.79 Å². The van der Waals surface area contributed by atoms with Crippen LogP contribution in [0.25, 0.3) is 0 Å². The summed E-state index contributed by atoms with van der Waals surface area (Å²) >= 11 is 0. The second-order valence-corrected chi connectivity index (χ2v) is 5.48. The molecule has 0 radical (unpaired) electrons. The first kappa shape index (κ1) is 18.0. The second-order valence-electron chi connectivity index (χ2n) is 5.48. The highest BCUT2D eigenvalue weighted by Crippen LogP contribution is 2.16. The number of carbonyl (C=O) groups excluding carboxylic acids is 1. The Balaban J connectivity index is 0.00000220. The van der Waals surface area contributed by atoms with Crippen molar-refractivity contribution in [2.24, 2.45) is 5.92 Å². The summed E-state index contributed by atoms with van der Waals surface area (Å²) in [7, 11) is 3.46. The van der Waals surface area contributed by atoms with Gasteiger partial charge in [-0.1, -0.05) is 12.1 Å². The van der Waals surface area contributed by atoms with Crippen LogP contribution in [0.15, 0.2) is 24.3 Å². The van der Waals surface area contributed by atoms with E-state index in [-0.39, 0.29) is 18.3 Å². The number of ether oxygens (including phenoxy) is 1. The van der Waals surface area contributed by atoms with Crippen molar-refractivity contribution in [2.75, 3.05) is 40.4 Å². The summed E-state index contributed by atoms with van der Waals surface area (Å²) in [5, 5.41) is 3.38. The first-order chi connectivity index (χ1) is 9.70. The second kappa shape index (κ2) is 9.03. The van der Waals surface area contributed by atoms with Crippen LogP contribution < -0.4 is 5.32 Å². The Kier molecular flexibility index (Phi) is 7.72. The Morgan fingerprint density at radius 3 is 2.95 bits per heavy atom. The fourth-order valence-corrected chi connectivity index (χ4v) is 2.60. The third-order valence-corrected chi connectivity index (χ3v) is 3.84. The van der Waals surface area contributed by atoms with Gasteiger partial charge in [-0.3, -0.25) is 4.79 Å². The van der Waals surface area contributed by atoms with Crippen LogP contribution in [0.3, 0.4) is 0 Å². The average Bonchev–Trinajstić information content (AvgIpc) is 2.97. The van der Waals surface area contributed by atoms with E-state index in [4.69, 9.17) is 4.74 Å². The first-order valence-corrected chi connectivity index (χ1v) is 7.24. The van der Waals surface area contributed by atoms with Gasteiger partial charge < -0.3 is 15.0 Å². The number of hydrogen-bond donors (Lipinski definition) is 1. The molecule has 0 spiro atoms. The highest BCUT2D eigenvalue weighted by Gasteiger charge is 2.16. The summed E-state index contributed by atoms with van der Waals surface area (Å²) in [6.45, 7) is 3.39. The molecule has 0 aliphatic carbocycles. The van der Waals surface area contributed by atoms with Crippen molar-refractivity contribution in [1.82, 2.24) is 10.2 Å². The lowest BCUT2D eigenvalue weighted by Crippen LogP contribution is -2.30. The minimum Gasteiger partial charge on any atom is -0.383 e. The fraction of sp³-hybridized carbons (Fsp3) is 0.562. The quantitative estimate of drug-likeness (QED) is 0.873. The summed E-state index contributed by atoms with van der Waals surface area (Å²) in [5.41, 5.74) is 2.02. The van der Waals surface area contributed by atoms with Gasteiger partial charge in [-0.05, 0) is 49.5 Å². The summed E-state index contributed by atoms with van der Waals surface area (Å²) in [6, 6.07) is 8.02. The molecule has 1 fully saturated rings. The smallest absolute Gasteiger partial charge is 0.253 e. The molecule has 1 unspecified atom stereocenters. The Labute approximate surface area is 133 Å². The van der Waals surface area contributed by atoms with Crippen molar-refractivity contribution in [3.05, 3.63) is 35.4 Å². The zero-order valence-electron chi connectivity index (χ0n) is 12.8. The predicted octanol–water partition coefficient (Wildman–Crippen LogP) is 1.98. The zero-order valence-corrected chi connectivity index (χ0v) is 13.6. The van der Waals surface area contributed by atoms with Gasteiger partial charge in [0.15, 0.2) is 0 Å². The third kappa shape index (κ3) is 5.30. The first-order valence-electron chi connectivity index (χ1n) is 7.24. The zero-order chi connectivity index (χ0) is 14.4. The largest absolute Gasteiger partial charge is 0.383 e. The Hall–Kier alpha value is -1.10. The summed E-state index contributed by atoms with van der Waals surface area (Å²) in [6.07, 6.45) is 2.28. The minimum absolute atomic E-state index is 0. The lowest BCUT2D eigenvalue weighted by Gasteiger charge is -2.17. The summed E-state index contributed by atoms with van der Waals surface area (Å²) < 4.78 is 5.01.